The second kappa shape index (κ2) is 5.67. The van der Waals surface area contributed by atoms with Crippen molar-refractivity contribution in [3.63, 3.8) is 0 Å². The Kier molecular flexibility index (Phi) is 3.72. The smallest absolute Gasteiger partial charge is 0.258 e. The molecule has 21 heavy (non-hydrogen) atoms. The maximum atomic E-state index is 10.7. The van der Waals surface area contributed by atoms with E-state index in [0.29, 0.717) is 4.34 Å². The van der Waals surface area contributed by atoms with Gasteiger partial charge in [0.25, 0.3) is 5.69 Å². The minimum absolute atomic E-state index is 0.0707. The molecule has 0 spiro atoms. The molecule has 0 amide bonds. The monoisotopic (exact) mass is 314 g/mol. The van der Waals surface area contributed by atoms with E-state index in [-0.39, 0.29) is 5.69 Å². The molecule has 6 heteroatoms. The Morgan fingerprint density at radius 3 is 2.29 bits per heavy atom. The third kappa shape index (κ3) is 2.81. The van der Waals surface area contributed by atoms with Crippen LogP contribution in [-0.4, -0.2) is 9.91 Å². The summed E-state index contributed by atoms with van der Waals surface area (Å²) in [6.07, 6.45) is 0. The molecule has 4 nitrogen and oxygen atoms in total. The number of hydrogen-bond donors (Lipinski definition) is 1. The van der Waals surface area contributed by atoms with Crippen molar-refractivity contribution >= 4 is 29.7 Å². The summed E-state index contributed by atoms with van der Waals surface area (Å²) in [6.45, 7) is 0. The SMILES string of the molecule is O=[N+]([O-])c1ccc(-c2nc(S)sc2-c2ccccc2)cc1. The molecule has 0 bridgehead atoms. The van der Waals surface area contributed by atoms with E-state index in [1.54, 1.807) is 12.1 Å². The first-order valence-corrected chi connectivity index (χ1v) is 7.41. The van der Waals surface area contributed by atoms with E-state index in [9.17, 15) is 10.1 Å². The number of non-ortho nitro benzene ring substituents is 1. The van der Waals surface area contributed by atoms with Gasteiger partial charge in [-0.25, -0.2) is 4.98 Å². The predicted octanol–water partition coefficient (Wildman–Crippen LogP) is 4.67. The molecule has 0 atom stereocenters. The van der Waals surface area contributed by atoms with Gasteiger partial charge < -0.3 is 0 Å². The standard InChI is InChI=1S/C15H10N2O2S2/c18-17(19)12-8-6-10(7-9-12)13-14(21-15(20)16-13)11-4-2-1-3-5-11/h1-9H,(H,16,20). The maximum Gasteiger partial charge on any atom is 0.269 e. The summed E-state index contributed by atoms with van der Waals surface area (Å²) in [4.78, 5) is 15.8. The van der Waals surface area contributed by atoms with Crippen LogP contribution in [0.3, 0.4) is 0 Å². The number of nitrogens with zero attached hydrogens (tertiary/aromatic N) is 2. The summed E-state index contributed by atoms with van der Waals surface area (Å²) >= 11 is 5.82. The van der Waals surface area contributed by atoms with E-state index in [1.165, 1.54) is 23.5 Å². The lowest BCUT2D eigenvalue weighted by Crippen LogP contribution is -1.88. The molecule has 0 saturated heterocycles. The zero-order valence-corrected chi connectivity index (χ0v) is 12.5. The van der Waals surface area contributed by atoms with Crippen molar-refractivity contribution in [2.75, 3.05) is 0 Å². The number of nitro groups is 1. The number of nitro benzene ring substituents is 1. The second-order valence-electron chi connectivity index (χ2n) is 4.34. The van der Waals surface area contributed by atoms with Crippen LogP contribution in [-0.2, 0) is 0 Å². The van der Waals surface area contributed by atoms with Gasteiger partial charge in [-0.05, 0) is 17.7 Å². The lowest BCUT2D eigenvalue weighted by molar-refractivity contribution is -0.384. The van der Waals surface area contributed by atoms with Gasteiger partial charge >= 0.3 is 0 Å². The number of thiol groups is 1. The molecule has 3 rings (SSSR count). The summed E-state index contributed by atoms with van der Waals surface area (Å²) in [6, 6.07) is 16.3. The number of thiazole rings is 1. The van der Waals surface area contributed by atoms with Crippen molar-refractivity contribution < 1.29 is 4.92 Å². The van der Waals surface area contributed by atoms with Crippen molar-refractivity contribution in [2.24, 2.45) is 0 Å². The zero-order valence-electron chi connectivity index (χ0n) is 10.8. The quantitative estimate of drug-likeness (QED) is 0.434. The molecule has 0 aliphatic rings. The van der Waals surface area contributed by atoms with Gasteiger partial charge in [-0.15, -0.1) is 24.0 Å². The third-order valence-electron chi connectivity index (χ3n) is 3.00. The fourth-order valence-electron chi connectivity index (χ4n) is 2.03. The van der Waals surface area contributed by atoms with Crippen molar-refractivity contribution in [1.29, 1.82) is 0 Å². The Hall–Kier alpha value is -2.18. The van der Waals surface area contributed by atoms with Crippen LogP contribution in [0.15, 0.2) is 58.9 Å². The Labute approximate surface area is 130 Å². The van der Waals surface area contributed by atoms with Gasteiger partial charge in [0.05, 0.1) is 15.5 Å². The van der Waals surface area contributed by atoms with Crippen LogP contribution >= 0.6 is 24.0 Å². The molecule has 0 saturated carbocycles. The Balaban J connectivity index is 2.09. The van der Waals surface area contributed by atoms with Gasteiger partial charge in [0, 0.05) is 17.7 Å². The summed E-state index contributed by atoms with van der Waals surface area (Å²) in [5.74, 6) is 0. The second-order valence-corrected chi connectivity index (χ2v) is 6.07. The van der Waals surface area contributed by atoms with Crippen molar-refractivity contribution in [3.8, 4) is 21.7 Å². The molecule has 1 heterocycles. The van der Waals surface area contributed by atoms with Crippen LogP contribution < -0.4 is 0 Å². The largest absolute Gasteiger partial charge is 0.269 e. The van der Waals surface area contributed by atoms with Crippen molar-refractivity contribution in [3.05, 3.63) is 64.7 Å². The van der Waals surface area contributed by atoms with Gasteiger partial charge in [0.2, 0.25) is 0 Å². The molecule has 0 aliphatic heterocycles. The van der Waals surface area contributed by atoms with E-state index >= 15 is 0 Å². The summed E-state index contributed by atoms with van der Waals surface area (Å²) < 4.78 is 0.669. The lowest BCUT2D eigenvalue weighted by atomic mass is 10.1. The fraction of sp³-hybridized carbons (Fsp3) is 0. The van der Waals surface area contributed by atoms with Gasteiger partial charge in [-0.2, -0.15) is 0 Å². The summed E-state index contributed by atoms with van der Waals surface area (Å²) in [5.41, 5.74) is 2.77. The summed E-state index contributed by atoms with van der Waals surface area (Å²) in [5, 5.41) is 10.7. The van der Waals surface area contributed by atoms with Gasteiger partial charge in [0.15, 0.2) is 0 Å². The van der Waals surface area contributed by atoms with Gasteiger partial charge in [-0.3, -0.25) is 10.1 Å². The van der Waals surface area contributed by atoms with Crippen LogP contribution in [0.2, 0.25) is 0 Å². The zero-order chi connectivity index (χ0) is 14.8. The number of hydrogen-bond acceptors (Lipinski definition) is 5. The molecular weight excluding hydrogens is 304 g/mol. The normalized spacial score (nSPS) is 10.5. The van der Waals surface area contributed by atoms with Gasteiger partial charge in [0.1, 0.15) is 4.34 Å². The first kappa shape index (κ1) is 13.8. The maximum absolute atomic E-state index is 10.7. The highest BCUT2D eigenvalue weighted by Crippen LogP contribution is 2.38. The number of rotatable bonds is 3. The first-order valence-electron chi connectivity index (χ1n) is 6.15. The van der Waals surface area contributed by atoms with Crippen LogP contribution in [0, 0.1) is 10.1 Å². The van der Waals surface area contributed by atoms with E-state index in [1.807, 2.05) is 30.3 Å². The van der Waals surface area contributed by atoms with Crippen molar-refractivity contribution in [1.82, 2.24) is 4.98 Å². The Morgan fingerprint density at radius 1 is 1.00 bits per heavy atom. The molecule has 0 aliphatic carbocycles. The van der Waals surface area contributed by atoms with E-state index in [2.05, 4.69) is 17.6 Å². The molecule has 3 aromatic rings. The summed E-state index contributed by atoms with van der Waals surface area (Å²) in [7, 11) is 0. The van der Waals surface area contributed by atoms with Crippen LogP contribution in [0.25, 0.3) is 21.7 Å². The molecule has 104 valence electrons. The topological polar surface area (TPSA) is 56.0 Å². The fourth-order valence-corrected chi connectivity index (χ4v) is 3.24. The van der Waals surface area contributed by atoms with E-state index < -0.39 is 4.92 Å². The molecule has 0 radical (unpaired) electrons. The minimum atomic E-state index is -0.410. The Bertz CT molecular complexity index is 783. The molecular formula is C15H10N2O2S2. The highest BCUT2D eigenvalue weighted by atomic mass is 32.2. The van der Waals surface area contributed by atoms with Crippen molar-refractivity contribution in [2.45, 2.75) is 4.34 Å². The van der Waals surface area contributed by atoms with Gasteiger partial charge in [-0.1, -0.05) is 30.3 Å². The molecule has 0 fully saturated rings. The number of benzene rings is 2. The minimum Gasteiger partial charge on any atom is -0.258 e. The molecule has 2 aromatic carbocycles. The highest BCUT2D eigenvalue weighted by Gasteiger charge is 2.14. The van der Waals surface area contributed by atoms with Crippen LogP contribution in [0.5, 0.6) is 0 Å². The average Bonchev–Trinajstić information content (AvgIpc) is 2.90. The molecule has 0 unspecified atom stereocenters. The Morgan fingerprint density at radius 2 is 1.67 bits per heavy atom. The van der Waals surface area contributed by atoms with E-state index in [0.717, 1.165) is 21.7 Å². The average molecular weight is 314 g/mol. The predicted molar refractivity (Wildman–Crippen MR) is 86.9 cm³/mol. The van der Waals surface area contributed by atoms with E-state index in [4.69, 9.17) is 0 Å². The number of aromatic nitrogens is 1. The molecule has 1 aromatic heterocycles. The highest BCUT2D eigenvalue weighted by molar-refractivity contribution is 7.82. The van der Waals surface area contributed by atoms with Crippen LogP contribution in [0.4, 0.5) is 5.69 Å². The lowest BCUT2D eigenvalue weighted by Gasteiger charge is -2.02. The molecule has 0 N–H and O–H groups in total. The van der Waals surface area contributed by atoms with Crippen LogP contribution in [0.1, 0.15) is 0 Å². The first-order chi connectivity index (χ1) is 10.1. The third-order valence-corrected chi connectivity index (χ3v) is 4.28.